The van der Waals surface area contributed by atoms with Gasteiger partial charge < -0.3 is 15.4 Å². The van der Waals surface area contributed by atoms with Crippen molar-refractivity contribution in [3.63, 3.8) is 0 Å². The van der Waals surface area contributed by atoms with Crippen LogP contribution in [0.3, 0.4) is 0 Å². The van der Waals surface area contributed by atoms with Crippen molar-refractivity contribution in [2.45, 2.75) is 25.4 Å². The standard InChI is InChI=1S/C15H24N4O/c16-14-12-17-5-3-15(14)19-9-7-18(8-10-19)6-4-13-2-1-11-20-13/h3,5,12-13H,1-2,4,6-11,16H2. The molecule has 2 fully saturated rings. The van der Waals surface area contributed by atoms with Gasteiger partial charge in [0.15, 0.2) is 0 Å². The van der Waals surface area contributed by atoms with Crippen LogP contribution < -0.4 is 10.6 Å². The van der Waals surface area contributed by atoms with Crippen molar-refractivity contribution in [3.8, 4) is 0 Å². The monoisotopic (exact) mass is 276 g/mol. The van der Waals surface area contributed by atoms with Gasteiger partial charge in [-0.25, -0.2) is 0 Å². The van der Waals surface area contributed by atoms with Gasteiger partial charge in [-0.3, -0.25) is 9.88 Å². The van der Waals surface area contributed by atoms with Gasteiger partial charge in [-0.15, -0.1) is 0 Å². The Morgan fingerprint density at radius 3 is 2.85 bits per heavy atom. The molecule has 0 aromatic carbocycles. The van der Waals surface area contributed by atoms with Crippen LogP contribution in [0.2, 0.25) is 0 Å². The number of nitrogens with two attached hydrogens (primary N) is 1. The smallest absolute Gasteiger partial charge is 0.0738 e. The van der Waals surface area contributed by atoms with E-state index in [9.17, 15) is 0 Å². The van der Waals surface area contributed by atoms with Crippen LogP contribution in [-0.2, 0) is 4.74 Å². The average molecular weight is 276 g/mol. The Morgan fingerprint density at radius 2 is 2.15 bits per heavy atom. The average Bonchev–Trinajstić information content (AvgIpc) is 3.00. The van der Waals surface area contributed by atoms with Gasteiger partial charge in [0.25, 0.3) is 0 Å². The molecule has 3 rings (SSSR count). The van der Waals surface area contributed by atoms with Crippen LogP contribution >= 0.6 is 0 Å². The fraction of sp³-hybridized carbons (Fsp3) is 0.667. The lowest BCUT2D eigenvalue weighted by Crippen LogP contribution is -2.47. The number of aromatic nitrogens is 1. The maximum Gasteiger partial charge on any atom is 0.0738 e. The number of piperazine rings is 1. The predicted octanol–water partition coefficient (Wildman–Crippen LogP) is 1.35. The first-order valence-electron chi connectivity index (χ1n) is 7.61. The maximum absolute atomic E-state index is 5.99. The summed E-state index contributed by atoms with van der Waals surface area (Å²) in [6.07, 6.45) is 7.71. The molecular formula is C15H24N4O. The summed E-state index contributed by atoms with van der Waals surface area (Å²) in [6.45, 7) is 6.41. The van der Waals surface area contributed by atoms with Gasteiger partial charge in [-0.1, -0.05) is 0 Å². The molecule has 2 aliphatic rings. The third-order valence-electron chi connectivity index (χ3n) is 4.33. The number of anilines is 2. The summed E-state index contributed by atoms with van der Waals surface area (Å²) >= 11 is 0. The Hall–Kier alpha value is -1.33. The van der Waals surface area contributed by atoms with E-state index in [1.807, 2.05) is 12.3 Å². The Balaban J connectivity index is 1.46. The van der Waals surface area contributed by atoms with E-state index in [1.54, 1.807) is 6.20 Å². The molecule has 2 aliphatic heterocycles. The molecule has 5 heteroatoms. The molecule has 1 atom stereocenters. The van der Waals surface area contributed by atoms with Gasteiger partial charge in [0.2, 0.25) is 0 Å². The van der Waals surface area contributed by atoms with Crippen molar-refractivity contribution in [1.29, 1.82) is 0 Å². The third-order valence-corrected chi connectivity index (χ3v) is 4.33. The number of nitrogens with zero attached hydrogens (tertiary/aromatic N) is 3. The first kappa shape index (κ1) is 13.6. The molecule has 1 aromatic rings. The molecule has 2 N–H and O–H groups in total. The molecule has 2 saturated heterocycles. The molecule has 0 saturated carbocycles. The molecule has 20 heavy (non-hydrogen) atoms. The quantitative estimate of drug-likeness (QED) is 0.900. The van der Waals surface area contributed by atoms with Gasteiger partial charge in [0.1, 0.15) is 0 Å². The second-order valence-corrected chi connectivity index (χ2v) is 5.69. The van der Waals surface area contributed by atoms with E-state index in [2.05, 4.69) is 14.8 Å². The minimum absolute atomic E-state index is 0.504. The molecule has 1 unspecified atom stereocenters. The Kier molecular flexibility index (Phi) is 4.38. The SMILES string of the molecule is Nc1cnccc1N1CCN(CCC2CCCO2)CC1. The number of ether oxygens (including phenoxy) is 1. The van der Waals surface area contributed by atoms with E-state index in [4.69, 9.17) is 10.5 Å². The van der Waals surface area contributed by atoms with E-state index in [0.717, 1.165) is 50.7 Å². The largest absolute Gasteiger partial charge is 0.396 e. The first-order valence-corrected chi connectivity index (χ1v) is 7.61. The zero-order chi connectivity index (χ0) is 13.8. The number of hydrogen-bond acceptors (Lipinski definition) is 5. The van der Waals surface area contributed by atoms with Crippen LogP contribution in [0, 0.1) is 0 Å². The lowest BCUT2D eigenvalue weighted by Gasteiger charge is -2.36. The third kappa shape index (κ3) is 3.22. The van der Waals surface area contributed by atoms with Gasteiger partial charge >= 0.3 is 0 Å². The lowest BCUT2D eigenvalue weighted by molar-refractivity contribution is 0.0911. The van der Waals surface area contributed by atoms with Crippen molar-refractivity contribution in [3.05, 3.63) is 18.5 Å². The summed E-state index contributed by atoms with van der Waals surface area (Å²) in [7, 11) is 0. The number of hydrogen-bond donors (Lipinski definition) is 1. The summed E-state index contributed by atoms with van der Waals surface area (Å²) in [5, 5.41) is 0. The summed E-state index contributed by atoms with van der Waals surface area (Å²) in [6, 6.07) is 2.01. The van der Waals surface area contributed by atoms with E-state index < -0.39 is 0 Å². The predicted molar refractivity (Wildman–Crippen MR) is 80.9 cm³/mol. The van der Waals surface area contributed by atoms with Crippen LogP contribution in [-0.4, -0.2) is 55.3 Å². The molecule has 0 radical (unpaired) electrons. The number of pyridine rings is 1. The zero-order valence-corrected chi connectivity index (χ0v) is 12.0. The van der Waals surface area contributed by atoms with Crippen LogP contribution in [0.4, 0.5) is 11.4 Å². The maximum atomic E-state index is 5.99. The van der Waals surface area contributed by atoms with Crippen molar-refractivity contribution >= 4 is 11.4 Å². The summed E-state index contributed by atoms with van der Waals surface area (Å²) in [5.41, 5.74) is 7.90. The Labute approximate surface area is 120 Å². The van der Waals surface area contributed by atoms with E-state index in [-0.39, 0.29) is 0 Å². The second kappa shape index (κ2) is 6.41. The highest BCUT2D eigenvalue weighted by molar-refractivity contribution is 5.66. The topological polar surface area (TPSA) is 54.6 Å². The fourth-order valence-corrected chi connectivity index (χ4v) is 3.10. The minimum Gasteiger partial charge on any atom is -0.396 e. The van der Waals surface area contributed by atoms with E-state index >= 15 is 0 Å². The highest BCUT2D eigenvalue weighted by Crippen LogP contribution is 2.23. The fourth-order valence-electron chi connectivity index (χ4n) is 3.10. The van der Waals surface area contributed by atoms with Crippen LogP contribution in [0.5, 0.6) is 0 Å². The van der Waals surface area contributed by atoms with Gasteiger partial charge in [-0.05, 0) is 25.3 Å². The summed E-state index contributed by atoms with van der Waals surface area (Å²) in [5.74, 6) is 0. The zero-order valence-electron chi connectivity index (χ0n) is 12.0. The molecule has 0 amide bonds. The summed E-state index contributed by atoms with van der Waals surface area (Å²) < 4.78 is 5.69. The second-order valence-electron chi connectivity index (χ2n) is 5.69. The molecular weight excluding hydrogens is 252 g/mol. The van der Waals surface area contributed by atoms with Crippen molar-refractivity contribution in [1.82, 2.24) is 9.88 Å². The first-order chi connectivity index (χ1) is 9.83. The Bertz CT molecular complexity index is 426. The van der Waals surface area contributed by atoms with E-state index in [0.29, 0.717) is 6.10 Å². The number of nitrogen functional groups attached to an aromatic ring is 1. The molecule has 5 nitrogen and oxygen atoms in total. The molecule has 0 spiro atoms. The summed E-state index contributed by atoms with van der Waals surface area (Å²) in [4.78, 5) is 8.95. The number of rotatable bonds is 4. The Morgan fingerprint density at radius 1 is 1.30 bits per heavy atom. The van der Waals surface area contributed by atoms with Crippen molar-refractivity contribution in [2.24, 2.45) is 0 Å². The van der Waals surface area contributed by atoms with Crippen LogP contribution in [0.25, 0.3) is 0 Å². The van der Waals surface area contributed by atoms with Crippen LogP contribution in [0.1, 0.15) is 19.3 Å². The molecule has 0 bridgehead atoms. The highest BCUT2D eigenvalue weighted by Gasteiger charge is 2.21. The minimum atomic E-state index is 0.504. The molecule has 1 aromatic heterocycles. The van der Waals surface area contributed by atoms with Gasteiger partial charge in [-0.2, -0.15) is 0 Å². The van der Waals surface area contributed by atoms with Gasteiger partial charge in [0.05, 0.1) is 23.7 Å². The molecule has 0 aliphatic carbocycles. The van der Waals surface area contributed by atoms with Gasteiger partial charge in [0, 0.05) is 45.5 Å². The van der Waals surface area contributed by atoms with Crippen LogP contribution in [0.15, 0.2) is 18.5 Å². The highest BCUT2D eigenvalue weighted by atomic mass is 16.5. The van der Waals surface area contributed by atoms with E-state index in [1.165, 1.54) is 19.3 Å². The lowest BCUT2D eigenvalue weighted by atomic mass is 10.1. The molecule has 110 valence electrons. The normalized spacial score (nSPS) is 24.2. The molecule has 3 heterocycles. The van der Waals surface area contributed by atoms with Crippen molar-refractivity contribution in [2.75, 3.05) is 50.0 Å². The van der Waals surface area contributed by atoms with Crippen molar-refractivity contribution < 1.29 is 4.74 Å².